The van der Waals surface area contributed by atoms with Gasteiger partial charge < -0.3 is 10.5 Å². The molecule has 1 fully saturated rings. The molecule has 1 saturated heterocycles. The Hall–Kier alpha value is -1.02. The first kappa shape index (κ1) is 13.4. The van der Waals surface area contributed by atoms with Crippen molar-refractivity contribution in [2.45, 2.75) is 29.3 Å². The first-order valence-corrected chi connectivity index (χ1v) is 6.29. The number of hydrogen-bond acceptors (Lipinski definition) is 5. The van der Waals surface area contributed by atoms with Crippen LogP contribution in [0.25, 0.3) is 0 Å². The van der Waals surface area contributed by atoms with Crippen molar-refractivity contribution in [3.05, 3.63) is 11.8 Å². The van der Waals surface area contributed by atoms with E-state index in [2.05, 4.69) is 9.97 Å². The van der Waals surface area contributed by atoms with Gasteiger partial charge in [0.1, 0.15) is 5.03 Å². The quantitative estimate of drug-likeness (QED) is 0.842. The second kappa shape index (κ2) is 5.31. The van der Waals surface area contributed by atoms with Crippen LogP contribution in [0, 0.1) is 0 Å². The first-order valence-electron chi connectivity index (χ1n) is 5.41. The van der Waals surface area contributed by atoms with Crippen LogP contribution >= 0.6 is 11.8 Å². The largest absolute Gasteiger partial charge is 0.433 e. The molecule has 0 saturated carbocycles. The summed E-state index contributed by atoms with van der Waals surface area (Å²) in [6.07, 6.45) is -2.89. The van der Waals surface area contributed by atoms with E-state index in [0.29, 0.717) is 13.2 Å². The van der Waals surface area contributed by atoms with Crippen LogP contribution in [-0.2, 0) is 10.9 Å². The zero-order valence-electron chi connectivity index (χ0n) is 9.41. The predicted octanol–water partition coefficient (Wildman–Crippen LogP) is 2.35. The van der Waals surface area contributed by atoms with E-state index in [1.165, 1.54) is 11.8 Å². The molecule has 0 atom stereocenters. The van der Waals surface area contributed by atoms with E-state index in [9.17, 15) is 13.2 Å². The Morgan fingerprint density at radius 2 is 1.94 bits per heavy atom. The predicted molar refractivity (Wildman–Crippen MR) is 61.1 cm³/mol. The highest BCUT2D eigenvalue weighted by molar-refractivity contribution is 7.99. The summed E-state index contributed by atoms with van der Waals surface area (Å²) < 4.78 is 42.8. The maximum Gasteiger partial charge on any atom is 0.433 e. The van der Waals surface area contributed by atoms with E-state index < -0.39 is 11.9 Å². The maximum atomic E-state index is 12.6. The van der Waals surface area contributed by atoms with Crippen LogP contribution in [0.5, 0.6) is 0 Å². The van der Waals surface area contributed by atoms with Crippen LogP contribution in [0.4, 0.5) is 19.1 Å². The topological polar surface area (TPSA) is 61.0 Å². The van der Waals surface area contributed by atoms with Gasteiger partial charge in [-0.25, -0.2) is 9.97 Å². The average molecular weight is 279 g/mol. The Kier molecular flexibility index (Phi) is 3.96. The van der Waals surface area contributed by atoms with Gasteiger partial charge in [-0.3, -0.25) is 0 Å². The molecular formula is C10H12F3N3OS. The molecule has 2 N–H and O–H groups in total. The van der Waals surface area contributed by atoms with Gasteiger partial charge in [-0.1, -0.05) is 0 Å². The van der Waals surface area contributed by atoms with Gasteiger partial charge >= 0.3 is 6.18 Å². The number of halogens is 3. The van der Waals surface area contributed by atoms with Gasteiger partial charge in [0.25, 0.3) is 0 Å². The third-order valence-electron chi connectivity index (χ3n) is 2.47. The lowest BCUT2D eigenvalue weighted by atomic mass is 10.2. The summed E-state index contributed by atoms with van der Waals surface area (Å²) in [5.41, 5.74) is 4.31. The van der Waals surface area contributed by atoms with Crippen molar-refractivity contribution in [1.82, 2.24) is 9.97 Å². The molecule has 100 valence electrons. The number of nitrogen functional groups attached to an aromatic ring is 1. The average Bonchev–Trinajstić information content (AvgIpc) is 2.28. The molecule has 1 aromatic rings. The number of hydrogen-bond donors (Lipinski definition) is 1. The highest BCUT2D eigenvalue weighted by Gasteiger charge is 2.33. The number of rotatable bonds is 2. The van der Waals surface area contributed by atoms with Crippen molar-refractivity contribution < 1.29 is 17.9 Å². The van der Waals surface area contributed by atoms with E-state index in [1.54, 1.807) is 0 Å². The van der Waals surface area contributed by atoms with Crippen LogP contribution in [0.2, 0.25) is 0 Å². The summed E-state index contributed by atoms with van der Waals surface area (Å²) in [6.45, 7) is 1.26. The SMILES string of the molecule is Nc1nc(SC2CCOCC2)cc(C(F)(F)F)n1. The lowest BCUT2D eigenvalue weighted by molar-refractivity contribution is -0.141. The van der Waals surface area contributed by atoms with E-state index >= 15 is 0 Å². The monoisotopic (exact) mass is 279 g/mol. The molecule has 1 aliphatic heterocycles. The second-order valence-electron chi connectivity index (χ2n) is 3.88. The van der Waals surface area contributed by atoms with Crippen LogP contribution in [0.3, 0.4) is 0 Å². The summed E-state index contributed by atoms with van der Waals surface area (Å²) in [6, 6.07) is 0.941. The van der Waals surface area contributed by atoms with Crippen molar-refractivity contribution in [3.8, 4) is 0 Å². The molecular weight excluding hydrogens is 267 g/mol. The van der Waals surface area contributed by atoms with Crippen molar-refractivity contribution >= 4 is 17.7 Å². The lowest BCUT2D eigenvalue weighted by Gasteiger charge is -2.21. The van der Waals surface area contributed by atoms with Crippen LogP contribution in [-0.4, -0.2) is 28.4 Å². The number of thioether (sulfide) groups is 1. The molecule has 0 radical (unpaired) electrons. The number of ether oxygens (including phenoxy) is 1. The Morgan fingerprint density at radius 1 is 1.28 bits per heavy atom. The number of aromatic nitrogens is 2. The first-order chi connectivity index (χ1) is 8.45. The van der Waals surface area contributed by atoms with Gasteiger partial charge in [0.2, 0.25) is 5.95 Å². The van der Waals surface area contributed by atoms with E-state index in [-0.39, 0.29) is 16.2 Å². The summed E-state index contributed by atoms with van der Waals surface area (Å²) in [4.78, 5) is 7.03. The van der Waals surface area contributed by atoms with Gasteiger partial charge in [-0.05, 0) is 12.8 Å². The molecule has 0 aliphatic carbocycles. The van der Waals surface area contributed by atoms with E-state index in [4.69, 9.17) is 10.5 Å². The number of nitrogens with two attached hydrogens (primary N) is 1. The minimum atomic E-state index is -4.50. The molecule has 0 unspecified atom stereocenters. The molecule has 8 heteroatoms. The Bertz CT molecular complexity index is 421. The van der Waals surface area contributed by atoms with Gasteiger partial charge in [-0.2, -0.15) is 13.2 Å². The molecule has 4 nitrogen and oxygen atoms in total. The molecule has 1 aromatic heterocycles. The van der Waals surface area contributed by atoms with Crippen molar-refractivity contribution in [1.29, 1.82) is 0 Å². The second-order valence-corrected chi connectivity index (χ2v) is 5.20. The minimum Gasteiger partial charge on any atom is -0.381 e. The number of nitrogens with zero attached hydrogens (tertiary/aromatic N) is 2. The van der Waals surface area contributed by atoms with Gasteiger partial charge in [0, 0.05) is 24.5 Å². The summed E-state index contributed by atoms with van der Waals surface area (Å²) in [7, 11) is 0. The maximum absolute atomic E-state index is 12.6. The zero-order valence-corrected chi connectivity index (χ0v) is 10.2. The van der Waals surface area contributed by atoms with E-state index in [0.717, 1.165) is 18.9 Å². The standard InChI is InChI=1S/C10H12F3N3OS/c11-10(12,13)7-5-8(16-9(14)15-7)18-6-1-3-17-4-2-6/h5-6H,1-4H2,(H2,14,15,16). The Balaban J connectivity index is 2.14. The molecule has 0 amide bonds. The zero-order chi connectivity index (χ0) is 13.2. The fraction of sp³-hybridized carbons (Fsp3) is 0.600. The molecule has 0 spiro atoms. The van der Waals surface area contributed by atoms with Gasteiger partial charge in [0.15, 0.2) is 5.69 Å². The van der Waals surface area contributed by atoms with Gasteiger partial charge in [-0.15, -0.1) is 11.8 Å². The van der Waals surface area contributed by atoms with Crippen LogP contribution < -0.4 is 5.73 Å². The van der Waals surface area contributed by atoms with Crippen molar-refractivity contribution in [2.24, 2.45) is 0 Å². The van der Waals surface area contributed by atoms with Crippen LogP contribution in [0.1, 0.15) is 18.5 Å². The molecule has 2 rings (SSSR count). The molecule has 1 aliphatic rings. The lowest BCUT2D eigenvalue weighted by Crippen LogP contribution is -2.18. The molecule has 18 heavy (non-hydrogen) atoms. The van der Waals surface area contributed by atoms with Crippen molar-refractivity contribution in [3.63, 3.8) is 0 Å². The van der Waals surface area contributed by atoms with Gasteiger partial charge in [0.05, 0.1) is 0 Å². The normalized spacial score (nSPS) is 17.9. The summed E-state index contributed by atoms with van der Waals surface area (Å²) in [5.74, 6) is -0.348. The fourth-order valence-electron chi connectivity index (χ4n) is 1.61. The Morgan fingerprint density at radius 3 is 2.56 bits per heavy atom. The smallest absolute Gasteiger partial charge is 0.381 e. The third-order valence-corrected chi connectivity index (χ3v) is 3.72. The molecule has 0 aromatic carbocycles. The highest BCUT2D eigenvalue weighted by Crippen LogP contribution is 2.33. The molecule has 0 bridgehead atoms. The summed E-state index contributed by atoms with van der Waals surface area (Å²) >= 11 is 1.30. The summed E-state index contributed by atoms with van der Waals surface area (Å²) in [5, 5.41) is 0.482. The number of alkyl halides is 3. The number of anilines is 1. The minimum absolute atomic E-state index is 0.217. The van der Waals surface area contributed by atoms with Crippen molar-refractivity contribution in [2.75, 3.05) is 18.9 Å². The third kappa shape index (κ3) is 3.49. The highest BCUT2D eigenvalue weighted by atomic mass is 32.2. The fourth-order valence-corrected chi connectivity index (χ4v) is 2.71. The van der Waals surface area contributed by atoms with Crippen LogP contribution in [0.15, 0.2) is 11.1 Å². The molecule has 2 heterocycles. The van der Waals surface area contributed by atoms with E-state index in [1.807, 2.05) is 0 Å². The Labute approximate surface area is 106 Å².